The molecule has 0 fully saturated rings. The van der Waals surface area contributed by atoms with Gasteiger partial charge in [0.05, 0.1) is 4.90 Å². The van der Waals surface area contributed by atoms with Crippen LogP contribution in [0.2, 0.25) is 0 Å². The summed E-state index contributed by atoms with van der Waals surface area (Å²) in [5, 5.41) is 0.738. The van der Waals surface area contributed by atoms with Crippen molar-refractivity contribution in [1.82, 2.24) is 0 Å². The Kier molecular flexibility index (Phi) is 5.06. The molecule has 5 nitrogen and oxygen atoms in total. The fraction of sp³-hybridized carbons (Fsp3) is 0.455. The third kappa shape index (κ3) is 3.18. The van der Waals surface area contributed by atoms with Gasteiger partial charge in [-0.1, -0.05) is 12.1 Å². The molecule has 7 heteroatoms. The van der Waals surface area contributed by atoms with Crippen LogP contribution in [0.5, 0.6) is 0 Å². The molecule has 0 saturated carbocycles. The van der Waals surface area contributed by atoms with E-state index in [4.69, 9.17) is 13.3 Å². The predicted molar refractivity (Wildman–Crippen MR) is 70.6 cm³/mol. The van der Waals surface area contributed by atoms with Gasteiger partial charge in [0, 0.05) is 32.3 Å². The van der Waals surface area contributed by atoms with Gasteiger partial charge in [0.15, 0.2) is 9.84 Å². The van der Waals surface area contributed by atoms with Crippen LogP contribution in [-0.4, -0.2) is 44.3 Å². The van der Waals surface area contributed by atoms with Crippen molar-refractivity contribution in [2.75, 3.05) is 27.1 Å². The first-order valence-corrected chi connectivity index (χ1v) is 9.06. The van der Waals surface area contributed by atoms with Crippen LogP contribution in [0, 0.1) is 0 Å². The Morgan fingerprint density at radius 1 is 1.11 bits per heavy atom. The average Bonchev–Trinajstić information content (AvgIpc) is 2.35. The average molecular weight is 290 g/mol. The Labute approximate surface area is 109 Å². The highest BCUT2D eigenvalue weighted by atomic mass is 32.2. The SMILES string of the molecule is CCO[Si](OC)(OC)c1ccc(S(C)(=O)=O)cc1. The first-order valence-electron chi connectivity index (χ1n) is 5.44. The largest absolute Gasteiger partial charge is 0.536 e. The van der Waals surface area contributed by atoms with Gasteiger partial charge in [-0.05, 0) is 19.1 Å². The van der Waals surface area contributed by atoms with E-state index in [0.717, 1.165) is 5.19 Å². The molecule has 0 amide bonds. The Balaban J connectivity index is 3.16. The summed E-state index contributed by atoms with van der Waals surface area (Å²) >= 11 is 0. The van der Waals surface area contributed by atoms with Crippen molar-refractivity contribution in [3.05, 3.63) is 24.3 Å². The lowest BCUT2D eigenvalue weighted by atomic mass is 10.4. The minimum atomic E-state index is -3.20. The maximum Gasteiger partial charge on any atom is 0.536 e. The van der Waals surface area contributed by atoms with E-state index in [-0.39, 0.29) is 4.90 Å². The van der Waals surface area contributed by atoms with Crippen molar-refractivity contribution < 1.29 is 21.7 Å². The van der Waals surface area contributed by atoms with E-state index in [1.165, 1.54) is 32.6 Å². The van der Waals surface area contributed by atoms with Gasteiger partial charge in [0.2, 0.25) is 0 Å². The molecule has 0 atom stereocenters. The highest BCUT2D eigenvalue weighted by Gasteiger charge is 2.41. The second-order valence-corrected chi connectivity index (χ2v) is 8.50. The van der Waals surface area contributed by atoms with E-state index in [2.05, 4.69) is 0 Å². The number of hydrogen-bond acceptors (Lipinski definition) is 5. The van der Waals surface area contributed by atoms with E-state index in [9.17, 15) is 8.42 Å². The highest BCUT2D eigenvalue weighted by molar-refractivity contribution is 7.90. The highest BCUT2D eigenvalue weighted by Crippen LogP contribution is 2.12. The third-order valence-corrected chi connectivity index (χ3v) is 6.42. The molecular formula is C11H18O5SSi. The summed E-state index contributed by atoms with van der Waals surface area (Å²) in [6.07, 6.45) is 1.17. The van der Waals surface area contributed by atoms with Crippen LogP contribution in [0.15, 0.2) is 29.2 Å². The molecule has 0 bridgehead atoms. The first kappa shape index (κ1) is 15.3. The van der Waals surface area contributed by atoms with Crippen molar-refractivity contribution in [2.24, 2.45) is 0 Å². The molecule has 0 saturated heterocycles. The molecule has 0 aromatic heterocycles. The fourth-order valence-corrected chi connectivity index (χ4v) is 4.24. The molecule has 0 unspecified atom stereocenters. The lowest BCUT2D eigenvalue weighted by Crippen LogP contribution is -2.55. The maximum absolute atomic E-state index is 11.4. The molecule has 0 heterocycles. The maximum atomic E-state index is 11.4. The van der Waals surface area contributed by atoms with Crippen molar-refractivity contribution in [3.63, 3.8) is 0 Å². The standard InChI is InChI=1S/C11H18O5SSi/c1-5-16-18(14-2,15-3)11-8-6-10(7-9-11)17(4,12)13/h6-9H,5H2,1-4H3. The zero-order valence-corrected chi connectivity index (χ0v) is 12.8. The van der Waals surface area contributed by atoms with Gasteiger partial charge in [-0.3, -0.25) is 0 Å². The molecule has 1 rings (SSSR count). The molecule has 0 radical (unpaired) electrons. The van der Waals surface area contributed by atoms with Crippen LogP contribution in [0.3, 0.4) is 0 Å². The summed E-state index contributed by atoms with van der Waals surface area (Å²) in [5.74, 6) is 0. The molecule has 1 aromatic rings. The van der Waals surface area contributed by atoms with Gasteiger partial charge < -0.3 is 13.3 Å². The van der Waals surface area contributed by atoms with Gasteiger partial charge >= 0.3 is 8.80 Å². The van der Waals surface area contributed by atoms with E-state index in [1.54, 1.807) is 12.1 Å². The Morgan fingerprint density at radius 2 is 1.61 bits per heavy atom. The zero-order chi connectivity index (χ0) is 13.8. The normalized spacial score (nSPS) is 12.7. The summed E-state index contributed by atoms with van der Waals surface area (Å²) in [5.41, 5.74) is 0. The quantitative estimate of drug-likeness (QED) is 0.717. The van der Waals surface area contributed by atoms with Gasteiger partial charge in [-0.15, -0.1) is 0 Å². The molecule has 102 valence electrons. The van der Waals surface area contributed by atoms with Crippen LogP contribution in [0.25, 0.3) is 0 Å². The minimum absolute atomic E-state index is 0.262. The lowest BCUT2D eigenvalue weighted by molar-refractivity contribution is 0.120. The van der Waals surface area contributed by atoms with Gasteiger partial charge in [-0.2, -0.15) is 0 Å². The number of benzene rings is 1. The van der Waals surface area contributed by atoms with Crippen molar-refractivity contribution >= 4 is 23.8 Å². The number of sulfone groups is 1. The topological polar surface area (TPSA) is 61.8 Å². The summed E-state index contributed by atoms with van der Waals surface area (Å²) < 4.78 is 39.1. The summed E-state index contributed by atoms with van der Waals surface area (Å²) in [7, 11) is -3.05. The minimum Gasteiger partial charge on any atom is -0.373 e. The predicted octanol–water partition coefficient (Wildman–Crippen LogP) is 0.565. The van der Waals surface area contributed by atoms with Gasteiger partial charge in [0.1, 0.15) is 0 Å². The molecule has 18 heavy (non-hydrogen) atoms. The number of hydrogen-bond donors (Lipinski definition) is 0. The van der Waals surface area contributed by atoms with E-state index in [0.29, 0.717) is 6.61 Å². The van der Waals surface area contributed by atoms with Crippen LogP contribution in [0.1, 0.15) is 6.92 Å². The fourth-order valence-electron chi connectivity index (χ4n) is 1.62. The van der Waals surface area contributed by atoms with Gasteiger partial charge in [0.25, 0.3) is 0 Å². The van der Waals surface area contributed by atoms with Crippen molar-refractivity contribution in [2.45, 2.75) is 11.8 Å². The van der Waals surface area contributed by atoms with Crippen LogP contribution < -0.4 is 5.19 Å². The second-order valence-electron chi connectivity index (χ2n) is 3.69. The third-order valence-electron chi connectivity index (χ3n) is 2.51. The first-order chi connectivity index (χ1) is 8.39. The van der Waals surface area contributed by atoms with E-state index in [1.807, 2.05) is 6.92 Å². The molecule has 0 spiro atoms. The molecule has 0 aliphatic carbocycles. The Hall–Kier alpha value is -0.733. The molecular weight excluding hydrogens is 272 g/mol. The monoisotopic (exact) mass is 290 g/mol. The summed E-state index contributed by atoms with van der Waals surface area (Å²) in [4.78, 5) is 0.262. The molecule has 1 aromatic carbocycles. The number of rotatable bonds is 6. The molecule has 0 aliphatic heterocycles. The second kappa shape index (κ2) is 5.94. The Morgan fingerprint density at radius 3 is 1.94 bits per heavy atom. The zero-order valence-electron chi connectivity index (χ0n) is 11.0. The van der Waals surface area contributed by atoms with Crippen molar-refractivity contribution in [1.29, 1.82) is 0 Å². The summed E-state index contributed by atoms with van der Waals surface area (Å²) in [6, 6.07) is 6.41. The van der Waals surface area contributed by atoms with Crippen LogP contribution in [-0.2, 0) is 23.1 Å². The van der Waals surface area contributed by atoms with E-state index >= 15 is 0 Å². The van der Waals surface area contributed by atoms with Crippen LogP contribution >= 0.6 is 0 Å². The Bertz CT molecular complexity index is 479. The lowest BCUT2D eigenvalue weighted by Gasteiger charge is -2.25. The smallest absolute Gasteiger partial charge is 0.373 e. The summed E-state index contributed by atoms with van der Waals surface area (Å²) in [6.45, 7) is 2.31. The van der Waals surface area contributed by atoms with E-state index < -0.39 is 18.6 Å². The van der Waals surface area contributed by atoms with Crippen LogP contribution in [0.4, 0.5) is 0 Å². The van der Waals surface area contributed by atoms with Gasteiger partial charge in [-0.25, -0.2) is 8.42 Å². The molecule has 0 aliphatic rings. The molecule has 0 N–H and O–H groups in total. The van der Waals surface area contributed by atoms with Crippen molar-refractivity contribution in [3.8, 4) is 0 Å².